The van der Waals surface area contributed by atoms with Gasteiger partial charge in [0.05, 0.1) is 38.4 Å². The number of methoxy groups -OCH3 is 2. The van der Waals surface area contributed by atoms with Gasteiger partial charge in [0, 0.05) is 26.3 Å². The topological polar surface area (TPSA) is 84.9 Å². The molecule has 28 heavy (non-hydrogen) atoms. The maximum absolute atomic E-state index is 13.1. The van der Waals surface area contributed by atoms with E-state index in [-0.39, 0.29) is 18.4 Å². The van der Waals surface area contributed by atoms with E-state index in [2.05, 4.69) is 5.32 Å². The summed E-state index contributed by atoms with van der Waals surface area (Å²) in [6, 6.07) is 11.7. The zero-order valence-corrected chi connectivity index (χ0v) is 16.7. The zero-order valence-electron chi connectivity index (χ0n) is 15.9. The molecule has 1 N–H and O–H groups in total. The Morgan fingerprint density at radius 3 is 2.54 bits per heavy atom. The van der Waals surface area contributed by atoms with Crippen LogP contribution < -0.4 is 10.2 Å². The lowest BCUT2D eigenvalue weighted by Crippen LogP contribution is -2.34. The summed E-state index contributed by atoms with van der Waals surface area (Å²) in [4.78, 5) is 28.1. The molecule has 7 nitrogen and oxygen atoms in total. The largest absolute Gasteiger partial charge is 0.354 e. The number of carbonyl (C=O) groups is 2. The fourth-order valence-corrected chi connectivity index (χ4v) is 4.40. The molecule has 0 bridgehead atoms. The van der Waals surface area contributed by atoms with Crippen molar-refractivity contribution in [3.8, 4) is 0 Å². The average Bonchev–Trinajstić information content (AvgIpc) is 2.82. The lowest BCUT2D eigenvalue weighted by atomic mass is 10.1. The molecule has 0 aromatic heterocycles. The molecular weight excluding hydrogens is 380 g/mol. The van der Waals surface area contributed by atoms with Crippen molar-refractivity contribution in [2.45, 2.75) is 23.0 Å². The van der Waals surface area contributed by atoms with E-state index in [9.17, 15) is 13.8 Å². The molecule has 0 unspecified atom stereocenters. The molecule has 1 aliphatic heterocycles. The first kappa shape index (κ1) is 20.2. The van der Waals surface area contributed by atoms with Crippen LogP contribution in [0.1, 0.15) is 27.6 Å². The van der Waals surface area contributed by atoms with Crippen LogP contribution in [-0.4, -0.2) is 49.6 Å². The van der Waals surface area contributed by atoms with Crippen LogP contribution in [0.15, 0.2) is 52.3 Å². The number of hydrogen-bond acceptors (Lipinski definition) is 5. The Balaban J connectivity index is 1.98. The van der Waals surface area contributed by atoms with Crippen LogP contribution in [0, 0.1) is 0 Å². The van der Waals surface area contributed by atoms with Crippen LogP contribution >= 0.6 is 0 Å². The summed E-state index contributed by atoms with van der Waals surface area (Å²) >= 11 is 0. The van der Waals surface area contributed by atoms with Gasteiger partial charge < -0.3 is 19.7 Å². The second kappa shape index (κ2) is 8.64. The Morgan fingerprint density at radius 2 is 1.86 bits per heavy atom. The van der Waals surface area contributed by atoms with E-state index in [0.717, 1.165) is 0 Å². The molecule has 0 saturated carbocycles. The number of nitrogens with one attached hydrogen (secondary N) is 1. The highest BCUT2D eigenvalue weighted by Crippen LogP contribution is 2.34. The Bertz CT molecular complexity index is 927. The Labute approximate surface area is 166 Å². The maximum Gasteiger partial charge on any atom is 0.259 e. The van der Waals surface area contributed by atoms with Crippen molar-refractivity contribution < 1.29 is 23.3 Å². The molecule has 0 fully saturated rings. The normalized spacial score (nSPS) is 15.8. The van der Waals surface area contributed by atoms with Gasteiger partial charge in [-0.2, -0.15) is 0 Å². The number of hydrogen-bond donors (Lipinski definition) is 1. The summed E-state index contributed by atoms with van der Waals surface area (Å²) in [5, 5.41) is 2.73. The van der Waals surface area contributed by atoms with E-state index < -0.39 is 17.1 Å². The SMILES string of the molecule is CCN1C(=O)c2ccccc2[S@@](=O)c2ccc(C(=O)NCC(OC)OC)cc21. The van der Waals surface area contributed by atoms with E-state index in [1.807, 2.05) is 6.92 Å². The number of carbonyl (C=O) groups excluding carboxylic acids is 2. The third-order valence-corrected chi connectivity index (χ3v) is 6.05. The van der Waals surface area contributed by atoms with Gasteiger partial charge in [-0.1, -0.05) is 12.1 Å². The van der Waals surface area contributed by atoms with Crippen molar-refractivity contribution >= 4 is 28.3 Å². The Kier molecular flexibility index (Phi) is 6.23. The highest BCUT2D eigenvalue weighted by Gasteiger charge is 2.30. The molecule has 1 aliphatic rings. The number of nitrogens with zero attached hydrogens (tertiary/aromatic N) is 1. The first-order valence-electron chi connectivity index (χ1n) is 8.82. The molecule has 0 spiro atoms. The molecular formula is C20H22N2O5S. The van der Waals surface area contributed by atoms with Gasteiger partial charge in [-0.15, -0.1) is 0 Å². The van der Waals surface area contributed by atoms with Crippen LogP contribution in [0.4, 0.5) is 5.69 Å². The van der Waals surface area contributed by atoms with Crippen LogP contribution in [0.25, 0.3) is 0 Å². The molecule has 3 rings (SSSR count). The minimum atomic E-state index is -1.52. The van der Waals surface area contributed by atoms with E-state index in [1.54, 1.807) is 47.4 Å². The standard InChI is InChI=1S/C20H22N2O5S/c1-4-22-15-11-13(19(23)21-12-18(26-2)27-3)9-10-17(15)28(25)16-8-6-5-7-14(16)20(22)24/h5-11,18H,4,12H2,1-3H3,(H,21,23)/t28-/m1/s1. The Morgan fingerprint density at radius 1 is 1.14 bits per heavy atom. The smallest absolute Gasteiger partial charge is 0.259 e. The van der Waals surface area contributed by atoms with Gasteiger partial charge in [-0.3, -0.25) is 9.59 Å². The van der Waals surface area contributed by atoms with Gasteiger partial charge in [-0.25, -0.2) is 4.21 Å². The second-order valence-corrected chi connectivity index (χ2v) is 7.52. The number of amides is 2. The predicted molar refractivity (Wildman–Crippen MR) is 105 cm³/mol. The number of fused-ring (bicyclic) bond motifs is 2. The zero-order chi connectivity index (χ0) is 20.3. The first-order chi connectivity index (χ1) is 13.5. The fourth-order valence-electron chi connectivity index (χ4n) is 3.06. The summed E-state index contributed by atoms with van der Waals surface area (Å²) in [5.41, 5.74) is 1.25. The highest BCUT2D eigenvalue weighted by atomic mass is 32.2. The number of benzene rings is 2. The van der Waals surface area contributed by atoms with Gasteiger partial charge in [0.15, 0.2) is 6.29 Å². The first-order valence-corrected chi connectivity index (χ1v) is 9.97. The molecule has 1 atom stereocenters. The van der Waals surface area contributed by atoms with Crippen LogP contribution in [0.2, 0.25) is 0 Å². The molecule has 1 heterocycles. The number of ether oxygens (including phenoxy) is 2. The molecule has 2 aromatic rings. The lowest BCUT2D eigenvalue weighted by Gasteiger charge is -2.21. The monoisotopic (exact) mass is 402 g/mol. The van der Waals surface area contributed by atoms with Crippen LogP contribution in [0.3, 0.4) is 0 Å². The molecule has 8 heteroatoms. The van der Waals surface area contributed by atoms with Gasteiger partial charge in [0.1, 0.15) is 0 Å². The highest BCUT2D eigenvalue weighted by molar-refractivity contribution is 7.85. The summed E-state index contributed by atoms with van der Waals surface area (Å²) in [6.07, 6.45) is -0.555. The van der Waals surface area contributed by atoms with Crippen molar-refractivity contribution in [3.63, 3.8) is 0 Å². The second-order valence-electron chi connectivity index (χ2n) is 6.11. The summed E-state index contributed by atoms with van der Waals surface area (Å²) < 4.78 is 23.2. The van der Waals surface area contributed by atoms with Crippen molar-refractivity contribution in [1.29, 1.82) is 0 Å². The fraction of sp³-hybridized carbons (Fsp3) is 0.300. The van der Waals surface area contributed by atoms with Gasteiger partial charge in [0.25, 0.3) is 11.8 Å². The minimum absolute atomic E-state index is 0.177. The molecule has 2 amide bonds. The third kappa shape index (κ3) is 3.71. The molecule has 0 aliphatic carbocycles. The van der Waals surface area contributed by atoms with E-state index in [1.165, 1.54) is 14.2 Å². The van der Waals surface area contributed by atoms with E-state index in [4.69, 9.17) is 9.47 Å². The van der Waals surface area contributed by atoms with Gasteiger partial charge in [0.2, 0.25) is 0 Å². The number of anilines is 1. The predicted octanol–water partition coefficient (Wildman–Crippen LogP) is 2.18. The molecule has 148 valence electrons. The molecule has 2 aromatic carbocycles. The summed E-state index contributed by atoms with van der Waals surface area (Å²) in [6.45, 7) is 2.40. The summed E-state index contributed by atoms with van der Waals surface area (Å²) in [5.74, 6) is -0.570. The average molecular weight is 402 g/mol. The summed E-state index contributed by atoms with van der Waals surface area (Å²) in [7, 11) is 1.45. The van der Waals surface area contributed by atoms with E-state index >= 15 is 0 Å². The maximum atomic E-state index is 13.1. The van der Waals surface area contributed by atoms with Crippen LogP contribution in [0.5, 0.6) is 0 Å². The van der Waals surface area contributed by atoms with Crippen molar-refractivity contribution in [2.24, 2.45) is 0 Å². The van der Waals surface area contributed by atoms with E-state index in [0.29, 0.717) is 33.2 Å². The lowest BCUT2D eigenvalue weighted by molar-refractivity contribution is -0.0974. The minimum Gasteiger partial charge on any atom is -0.354 e. The quantitative estimate of drug-likeness (QED) is 0.749. The van der Waals surface area contributed by atoms with Gasteiger partial charge >= 0.3 is 0 Å². The van der Waals surface area contributed by atoms with Crippen LogP contribution in [-0.2, 0) is 20.3 Å². The molecule has 0 radical (unpaired) electrons. The van der Waals surface area contributed by atoms with Crippen molar-refractivity contribution in [3.05, 3.63) is 53.6 Å². The van der Waals surface area contributed by atoms with Crippen molar-refractivity contribution in [1.82, 2.24) is 5.32 Å². The van der Waals surface area contributed by atoms with Gasteiger partial charge in [-0.05, 0) is 37.3 Å². The van der Waals surface area contributed by atoms with Crippen molar-refractivity contribution in [2.75, 3.05) is 32.2 Å². The number of rotatable bonds is 6. The molecule has 0 saturated heterocycles. The Hall–Kier alpha value is -2.55. The third-order valence-electron chi connectivity index (χ3n) is 4.55.